The van der Waals surface area contributed by atoms with Crippen LogP contribution in [-0.4, -0.2) is 61.9 Å². The van der Waals surface area contributed by atoms with Crippen molar-refractivity contribution in [3.05, 3.63) is 65.6 Å². The molecule has 2 heterocycles. The van der Waals surface area contributed by atoms with Gasteiger partial charge in [0.1, 0.15) is 17.3 Å². The van der Waals surface area contributed by atoms with Crippen molar-refractivity contribution in [2.24, 2.45) is 0 Å². The van der Waals surface area contributed by atoms with Gasteiger partial charge in [-0.1, -0.05) is 17.3 Å². The minimum Gasteiger partial charge on any atom is -0.497 e. The second-order valence-electron chi connectivity index (χ2n) is 8.68. The van der Waals surface area contributed by atoms with Crippen molar-refractivity contribution in [1.82, 2.24) is 15.4 Å². The van der Waals surface area contributed by atoms with E-state index >= 15 is 0 Å². The summed E-state index contributed by atoms with van der Waals surface area (Å²) in [7, 11) is 3.10. The van der Waals surface area contributed by atoms with Crippen molar-refractivity contribution >= 4 is 11.8 Å². The van der Waals surface area contributed by atoms with Crippen LogP contribution in [0.5, 0.6) is 11.5 Å². The molecule has 1 fully saturated rings. The van der Waals surface area contributed by atoms with Crippen molar-refractivity contribution in [2.45, 2.75) is 31.9 Å². The monoisotopic (exact) mass is 511 g/mol. The molecule has 3 aromatic rings. The predicted octanol–water partition coefficient (Wildman–Crippen LogP) is 3.83. The number of ether oxygens (including phenoxy) is 3. The van der Waals surface area contributed by atoms with Gasteiger partial charge in [0.2, 0.25) is 5.91 Å². The zero-order valence-corrected chi connectivity index (χ0v) is 20.9. The largest absolute Gasteiger partial charge is 0.497 e. The Morgan fingerprint density at radius 3 is 2.65 bits per heavy atom. The Bertz CT molecular complexity index is 1210. The first kappa shape index (κ1) is 26.2. The molecular weight excluding hydrogens is 481 g/mol. The predicted molar refractivity (Wildman–Crippen MR) is 133 cm³/mol. The molecule has 10 heteroatoms. The summed E-state index contributed by atoms with van der Waals surface area (Å²) in [5.74, 6) is 0.583. The number of halogens is 1. The van der Waals surface area contributed by atoms with E-state index in [-0.39, 0.29) is 48.9 Å². The topological polar surface area (TPSA) is 103 Å². The van der Waals surface area contributed by atoms with Crippen molar-refractivity contribution in [2.75, 3.05) is 33.9 Å². The molecule has 4 rings (SSSR count). The summed E-state index contributed by atoms with van der Waals surface area (Å²) in [6.07, 6.45) is 1.75. The Morgan fingerprint density at radius 2 is 1.95 bits per heavy atom. The van der Waals surface area contributed by atoms with Gasteiger partial charge in [-0.3, -0.25) is 9.59 Å². The first-order valence-corrected chi connectivity index (χ1v) is 12.1. The van der Waals surface area contributed by atoms with Crippen LogP contribution < -0.4 is 14.8 Å². The zero-order chi connectivity index (χ0) is 26.2. The fourth-order valence-corrected chi connectivity index (χ4v) is 4.11. The molecule has 0 spiro atoms. The molecule has 1 saturated heterocycles. The third-order valence-corrected chi connectivity index (χ3v) is 6.15. The molecule has 0 saturated carbocycles. The van der Waals surface area contributed by atoms with Gasteiger partial charge in [0, 0.05) is 38.7 Å². The molecule has 2 aromatic carbocycles. The molecule has 196 valence electrons. The van der Waals surface area contributed by atoms with E-state index in [1.165, 1.54) is 19.2 Å². The number of nitrogens with zero attached hydrogens (tertiary/aromatic N) is 2. The number of hydrogen-bond donors (Lipinski definition) is 1. The van der Waals surface area contributed by atoms with E-state index in [0.717, 1.165) is 18.4 Å². The van der Waals surface area contributed by atoms with Gasteiger partial charge < -0.3 is 29.0 Å². The summed E-state index contributed by atoms with van der Waals surface area (Å²) in [6.45, 7) is 1.44. The molecular formula is C27H30FN3O6. The van der Waals surface area contributed by atoms with E-state index < -0.39 is 0 Å². The van der Waals surface area contributed by atoms with Crippen LogP contribution in [0.25, 0.3) is 11.3 Å². The number of carbonyl (C=O) groups is 2. The van der Waals surface area contributed by atoms with Gasteiger partial charge in [0.15, 0.2) is 11.5 Å². The Labute approximate surface area is 214 Å². The third kappa shape index (κ3) is 6.85. The quantitative estimate of drug-likeness (QED) is 0.417. The molecule has 0 aliphatic carbocycles. The Balaban J connectivity index is 1.44. The maximum atomic E-state index is 13.4. The maximum absolute atomic E-state index is 13.4. The van der Waals surface area contributed by atoms with Crippen LogP contribution in [0.3, 0.4) is 0 Å². The third-order valence-electron chi connectivity index (χ3n) is 6.15. The first-order valence-electron chi connectivity index (χ1n) is 12.1. The smallest absolute Gasteiger partial charge is 0.276 e. The summed E-state index contributed by atoms with van der Waals surface area (Å²) in [6, 6.07) is 12.7. The molecule has 1 aromatic heterocycles. The van der Waals surface area contributed by atoms with E-state index in [4.69, 9.17) is 18.7 Å². The van der Waals surface area contributed by atoms with Gasteiger partial charge in [-0.2, -0.15) is 0 Å². The summed E-state index contributed by atoms with van der Waals surface area (Å²) in [5.41, 5.74) is 1.49. The molecule has 9 nitrogen and oxygen atoms in total. The van der Waals surface area contributed by atoms with Crippen LogP contribution >= 0.6 is 0 Å². The zero-order valence-electron chi connectivity index (χ0n) is 20.9. The lowest BCUT2D eigenvalue weighted by atomic mass is 10.1. The number of nitrogens with one attached hydrogen (secondary N) is 1. The summed E-state index contributed by atoms with van der Waals surface area (Å²) < 4.78 is 35.0. The molecule has 0 radical (unpaired) electrons. The maximum Gasteiger partial charge on any atom is 0.276 e. The highest BCUT2D eigenvalue weighted by molar-refractivity contribution is 5.93. The number of benzene rings is 2. The van der Waals surface area contributed by atoms with Crippen molar-refractivity contribution < 1.29 is 32.7 Å². The lowest BCUT2D eigenvalue weighted by Crippen LogP contribution is -2.40. The Morgan fingerprint density at radius 1 is 1.14 bits per heavy atom. The molecule has 37 heavy (non-hydrogen) atoms. The van der Waals surface area contributed by atoms with Crippen LogP contribution in [-0.2, 0) is 16.1 Å². The normalized spacial score (nSPS) is 14.8. The number of amides is 2. The second kappa shape index (κ2) is 12.4. The summed E-state index contributed by atoms with van der Waals surface area (Å²) in [5, 5.41) is 6.80. The van der Waals surface area contributed by atoms with Crippen LogP contribution in [0.2, 0.25) is 0 Å². The van der Waals surface area contributed by atoms with Crippen molar-refractivity contribution in [1.29, 1.82) is 0 Å². The molecule has 0 bridgehead atoms. The van der Waals surface area contributed by atoms with Crippen molar-refractivity contribution in [3.63, 3.8) is 0 Å². The van der Waals surface area contributed by atoms with Gasteiger partial charge in [0.05, 0.1) is 25.9 Å². The summed E-state index contributed by atoms with van der Waals surface area (Å²) >= 11 is 0. The second-order valence-corrected chi connectivity index (χ2v) is 8.68. The molecule has 1 N–H and O–H groups in total. The van der Waals surface area contributed by atoms with Crippen LogP contribution in [0, 0.1) is 5.82 Å². The average Bonchev–Trinajstić information content (AvgIpc) is 3.62. The molecule has 1 aliphatic rings. The highest BCUT2D eigenvalue weighted by Crippen LogP contribution is 2.34. The minimum atomic E-state index is -0.362. The number of rotatable bonds is 11. The van der Waals surface area contributed by atoms with E-state index in [2.05, 4.69) is 10.5 Å². The first-order chi connectivity index (χ1) is 18.0. The molecule has 1 atom stereocenters. The number of aromatic nitrogens is 1. The Hall–Kier alpha value is -3.92. The van der Waals surface area contributed by atoms with E-state index in [1.807, 2.05) is 0 Å². The van der Waals surface area contributed by atoms with E-state index in [9.17, 15) is 14.0 Å². The lowest BCUT2D eigenvalue weighted by Gasteiger charge is -2.24. The van der Waals surface area contributed by atoms with Gasteiger partial charge >= 0.3 is 0 Å². The van der Waals surface area contributed by atoms with Crippen LogP contribution in [0.1, 0.15) is 35.3 Å². The van der Waals surface area contributed by atoms with E-state index in [1.54, 1.807) is 48.4 Å². The fourth-order valence-electron chi connectivity index (χ4n) is 4.11. The molecule has 2 amide bonds. The Kier molecular flexibility index (Phi) is 8.73. The average molecular weight is 512 g/mol. The fraction of sp³-hybridized carbons (Fsp3) is 0.370. The molecule has 0 unspecified atom stereocenters. The SMILES string of the molecule is COc1ccc(OC)c(-c2cc(C(=O)N(CCC(=O)NCc3ccc(F)cc3)C[C@H]3CCCO3)no2)c1. The van der Waals surface area contributed by atoms with Crippen LogP contribution in [0.15, 0.2) is 53.1 Å². The number of hydrogen-bond acceptors (Lipinski definition) is 7. The van der Waals surface area contributed by atoms with Crippen LogP contribution in [0.4, 0.5) is 4.39 Å². The van der Waals surface area contributed by atoms with Gasteiger partial charge in [0.25, 0.3) is 5.91 Å². The number of methoxy groups -OCH3 is 2. The highest BCUT2D eigenvalue weighted by atomic mass is 19.1. The van der Waals surface area contributed by atoms with Gasteiger partial charge in [-0.05, 0) is 48.7 Å². The van der Waals surface area contributed by atoms with Gasteiger partial charge in [-0.15, -0.1) is 0 Å². The van der Waals surface area contributed by atoms with E-state index in [0.29, 0.717) is 36.0 Å². The minimum absolute atomic E-state index is 0.0913. The lowest BCUT2D eigenvalue weighted by molar-refractivity contribution is -0.121. The highest BCUT2D eigenvalue weighted by Gasteiger charge is 2.26. The molecule has 1 aliphatic heterocycles. The van der Waals surface area contributed by atoms with Crippen molar-refractivity contribution in [3.8, 4) is 22.8 Å². The summed E-state index contributed by atoms with van der Waals surface area (Å²) in [4.78, 5) is 27.5. The standard InChI is InChI=1S/C27H30FN3O6/c1-34-20-9-10-24(35-2)22(14-20)25-15-23(30-37-25)27(33)31(17-21-4-3-13-36-21)12-11-26(32)29-16-18-5-7-19(28)8-6-18/h5-10,14-15,21H,3-4,11-13,16-17H2,1-2H3,(H,29,32)/t21-/m1/s1. The van der Waals surface area contributed by atoms with Gasteiger partial charge in [-0.25, -0.2) is 4.39 Å². The number of carbonyl (C=O) groups excluding carboxylic acids is 2.